The third kappa shape index (κ3) is 2.00. The quantitative estimate of drug-likeness (QED) is 0.547. The lowest BCUT2D eigenvalue weighted by molar-refractivity contribution is 0.503. The molecule has 1 heterocycles. The summed E-state index contributed by atoms with van der Waals surface area (Å²) < 4.78 is 0. The molecule has 2 heteroatoms. The summed E-state index contributed by atoms with van der Waals surface area (Å²) in [5.74, 6) is 0.296. The van der Waals surface area contributed by atoms with Crippen LogP contribution in [0.2, 0.25) is 0 Å². The van der Waals surface area contributed by atoms with E-state index in [4.69, 9.17) is 5.26 Å². The van der Waals surface area contributed by atoms with Gasteiger partial charge in [0.2, 0.25) is 0 Å². The van der Waals surface area contributed by atoms with E-state index in [1.54, 1.807) is 0 Å². The highest BCUT2D eigenvalue weighted by molar-refractivity contribution is 4.87. The Labute approximate surface area is 62.2 Å². The molecule has 1 N–H and O–H groups in total. The van der Waals surface area contributed by atoms with Gasteiger partial charge in [0, 0.05) is 12.0 Å². The molecule has 0 spiro atoms. The van der Waals surface area contributed by atoms with Gasteiger partial charge in [-0.1, -0.05) is 0 Å². The number of hydrogen-bond donors (Lipinski definition) is 1. The minimum Gasteiger partial charge on any atom is -0.314 e. The van der Waals surface area contributed by atoms with Crippen LogP contribution in [-0.4, -0.2) is 12.6 Å². The van der Waals surface area contributed by atoms with E-state index in [0.29, 0.717) is 12.0 Å². The number of nitrogens with zero attached hydrogens (tertiary/aromatic N) is 1. The van der Waals surface area contributed by atoms with Crippen molar-refractivity contribution in [1.29, 1.82) is 5.26 Å². The first-order valence-electron chi connectivity index (χ1n) is 3.96. The molecule has 0 aliphatic carbocycles. The summed E-state index contributed by atoms with van der Waals surface area (Å²) >= 11 is 0. The summed E-state index contributed by atoms with van der Waals surface area (Å²) in [6, 6.07) is 2.87. The lowest BCUT2D eigenvalue weighted by atomic mass is 10.00. The first-order valence-corrected chi connectivity index (χ1v) is 3.96. The second-order valence-corrected chi connectivity index (χ2v) is 3.06. The molecule has 0 radical (unpaired) electrons. The predicted molar refractivity (Wildman–Crippen MR) is 40.4 cm³/mol. The lowest BCUT2D eigenvalue weighted by Gasteiger charge is -2.09. The molecule has 1 rings (SSSR count). The minimum atomic E-state index is 0.296. The summed E-state index contributed by atoms with van der Waals surface area (Å²) in [5.41, 5.74) is 0. The largest absolute Gasteiger partial charge is 0.314 e. The van der Waals surface area contributed by atoms with E-state index in [-0.39, 0.29) is 0 Å². The standard InChI is InChI=1S/C8H14N2/c1-7-5-8(6-9)3-2-4-10-7/h7-8,10H,2-5H2,1H3. The van der Waals surface area contributed by atoms with E-state index >= 15 is 0 Å². The molecule has 10 heavy (non-hydrogen) atoms. The molecule has 2 nitrogen and oxygen atoms in total. The zero-order chi connectivity index (χ0) is 7.40. The second-order valence-electron chi connectivity index (χ2n) is 3.06. The molecule has 0 bridgehead atoms. The van der Waals surface area contributed by atoms with Gasteiger partial charge in [-0.25, -0.2) is 0 Å². The Morgan fingerprint density at radius 3 is 3.10 bits per heavy atom. The SMILES string of the molecule is CC1CC(C#N)CCCN1. The first-order chi connectivity index (χ1) is 4.83. The van der Waals surface area contributed by atoms with Crippen LogP contribution in [0.4, 0.5) is 0 Å². The molecule has 2 unspecified atom stereocenters. The minimum absolute atomic E-state index is 0.296. The molecule has 56 valence electrons. The number of hydrogen-bond acceptors (Lipinski definition) is 2. The molecule has 0 aromatic carbocycles. The van der Waals surface area contributed by atoms with Gasteiger partial charge < -0.3 is 5.32 Å². The van der Waals surface area contributed by atoms with Crippen LogP contribution in [0.25, 0.3) is 0 Å². The summed E-state index contributed by atoms with van der Waals surface area (Å²) in [5, 5.41) is 12.0. The number of rotatable bonds is 0. The Morgan fingerprint density at radius 2 is 2.40 bits per heavy atom. The Bertz CT molecular complexity index is 137. The summed E-state index contributed by atoms with van der Waals surface area (Å²) in [6.45, 7) is 3.23. The van der Waals surface area contributed by atoms with Crippen LogP contribution in [0.3, 0.4) is 0 Å². The molecule has 0 aromatic heterocycles. The molecular weight excluding hydrogens is 124 g/mol. The van der Waals surface area contributed by atoms with Gasteiger partial charge in [-0.3, -0.25) is 0 Å². The van der Waals surface area contributed by atoms with Crippen molar-refractivity contribution < 1.29 is 0 Å². The Hall–Kier alpha value is -0.550. The predicted octanol–water partition coefficient (Wildman–Crippen LogP) is 1.29. The molecule has 1 saturated heterocycles. The van der Waals surface area contributed by atoms with Crippen LogP contribution >= 0.6 is 0 Å². The highest BCUT2D eigenvalue weighted by atomic mass is 14.9. The zero-order valence-electron chi connectivity index (χ0n) is 6.43. The Morgan fingerprint density at radius 1 is 1.60 bits per heavy atom. The van der Waals surface area contributed by atoms with Crippen molar-refractivity contribution in [2.45, 2.75) is 32.2 Å². The van der Waals surface area contributed by atoms with Gasteiger partial charge in [-0.15, -0.1) is 0 Å². The van der Waals surface area contributed by atoms with Gasteiger partial charge >= 0.3 is 0 Å². The average Bonchev–Trinajstić information content (AvgIpc) is 2.13. The van der Waals surface area contributed by atoms with Gasteiger partial charge in [0.25, 0.3) is 0 Å². The van der Waals surface area contributed by atoms with Crippen molar-refractivity contribution >= 4 is 0 Å². The monoisotopic (exact) mass is 138 g/mol. The van der Waals surface area contributed by atoms with E-state index in [0.717, 1.165) is 25.8 Å². The molecule has 0 aromatic rings. The number of nitriles is 1. The molecule has 0 saturated carbocycles. The van der Waals surface area contributed by atoms with Crippen LogP contribution in [0, 0.1) is 17.2 Å². The molecule has 1 aliphatic rings. The maximum absolute atomic E-state index is 8.66. The van der Waals surface area contributed by atoms with Crippen LogP contribution in [0.1, 0.15) is 26.2 Å². The van der Waals surface area contributed by atoms with Gasteiger partial charge in [-0.2, -0.15) is 5.26 Å². The third-order valence-electron chi connectivity index (χ3n) is 2.04. The van der Waals surface area contributed by atoms with E-state index < -0.39 is 0 Å². The van der Waals surface area contributed by atoms with Crippen molar-refractivity contribution in [3.05, 3.63) is 0 Å². The third-order valence-corrected chi connectivity index (χ3v) is 2.04. The first kappa shape index (κ1) is 7.56. The van der Waals surface area contributed by atoms with Crippen LogP contribution in [0.5, 0.6) is 0 Å². The molecule has 1 fully saturated rings. The fourth-order valence-electron chi connectivity index (χ4n) is 1.44. The molecule has 1 aliphatic heterocycles. The maximum atomic E-state index is 8.66. The number of nitrogens with one attached hydrogen (secondary N) is 1. The van der Waals surface area contributed by atoms with E-state index in [2.05, 4.69) is 18.3 Å². The van der Waals surface area contributed by atoms with Gasteiger partial charge in [0.1, 0.15) is 0 Å². The molecule has 2 atom stereocenters. The van der Waals surface area contributed by atoms with Crippen molar-refractivity contribution in [3.8, 4) is 6.07 Å². The van der Waals surface area contributed by atoms with Crippen molar-refractivity contribution in [1.82, 2.24) is 5.32 Å². The fraction of sp³-hybridized carbons (Fsp3) is 0.875. The van der Waals surface area contributed by atoms with Crippen LogP contribution in [0.15, 0.2) is 0 Å². The lowest BCUT2D eigenvalue weighted by Crippen LogP contribution is -2.25. The average molecular weight is 138 g/mol. The van der Waals surface area contributed by atoms with E-state index in [1.807, 2.05) is 0 Å². The van der Waals surface area contributed by atoms with E-state index in [1.165, 1.54) is 0 Å². The van der Waals surface area contributed by atoms with Crippen LogP contribution in [-0.2, 0) is 0 Å². The van der Waals surface area contributed by atoms with Gasteiger partial charge in [0.05, 0.1) is 6.07 Å². The summed E-state index contributed by atoms with van der Waals surface area (Å²) in [6.07, 6.45) is 3.26. The topological polar surface area (TPSA) is 35.8 Å². The van der Waals surface area contributed by atoms with Crippen molar-refractivity contribution in [2.24, 2.45) is 5.92 Å². The van der Waals surface area contributed by atoms with Crippen molar-refractivity contribution in [2.75, 3.05) is 6.54 Å². The van der Waals surface area contributed by atoms with Crippen LogP contribution < -0.4 is 5.32 Å². The molecular formula is C8H14N2. The fourth-order valence-corrected chi connectivity index (χ4v) is 1.44. The van der Waals surface area contributed by atoms with Gasteiger partial charge in [-0.05, 0) is 32.7 Å². The smallest absolute Gasteiger partial charge is 0.0656 e. The highest BCUT2D eigenvalue weighted by Crippen LogP contribution is 2.15. The van der Waals surface area contributed by atoms with Gasteiger partial charge in [0.15, 0.2) is 0 Å². The summed E-state index contributed by atoms with van der Waals surface area (Å²) in [7, 11) is 0. The highest BCUT2D eigenvalue weighted by Gasteiger charge is 2.15. The Kier molecular flexibility index (Phi) is 2.70. The second kappa shape index (κ2) is 3.58. The Balaban J connectivity index is 2.39. The maximum Gasteiger partial charge on any atom is 0.0656 e. The van der Waals surface area contributed by atoms with Crippen molar-refractivity contribution in [3.63, 3.8) is 0 Å². The normalized spacial score (nSPS) is 34.4. The zero-order valence-corrected chi connectivity index (χ0v) is 6.43. The van der Waals surface area contributed by atoms with E-state index in [9.17, 15) is 0 Å². The molecule has 0 amide bonds. The summed E-state index contributed by atoms with van der Waals surface area (Å²) in [4.78, 5) is 0.